The molecule has 0 spiro atoms. The molecule has 0 atom stereocenters. The predicted molar refractivity (Wildman–Crippen MR) is 66.5 cm³/mol. The van der Waals surface area contributed by atoms with Crippen molar-refractivity contribution in [2.75, 3.05) is 6.54 Å². The zero-order chi connectivity index (χ0) is 12.8. The van der Waals surface area contributed by atoms with Crippen molar-refractivity contribution in [2.24, 2.45) is 0 Å². The molecule has 2 N–H and O–H groups in total. The molecule has 0 saturated heterocycles. The van der Waals surface area contributed by atoms with Crippen molar-refractivity contribution in [2.45, 2.75) is 6.42 Å². The molecule has 2 aromatic heterocycles. The molecule has 18 heavy (non-hydrogen) atoms. The maximum Gasteiger partial charge on any atom is 0.227 e. The van der Waals surface area contributed by atoms with Gasteiger partial charge in [-0.15, -0.1) is 6.58 Å². The van der Waals surface area contributed by atoms with Crippen LogP contribution in [-0.2, 0) is 11.2 Å². The van der Waals surface area contributed by atoms with Gasteiger partial charge in [0.1, 0.15) is 11.5 Å². The van der Waals surface area contributed by atoms with E-state index < -0.39 is 0 Å². The van der Waals surface area contributed by atoms with Gasteiger partial charge in [-0.2, -0.15) is 5.10 Å². The first kappa shape index (κ1) is 12.0. The first-order valence-corrected chi connectivity index (χ1v) is 5.50. The Balaban J connectivity index is 2.02. The molecule has 6 heteroatoms. The lowest BCUT2D eigenvalue weighted by atomic mass is 10.3. The van der Waals surface area contributed by atoms with Crippen molar-refractivity contribution in [1.29, 1.82) is 0 Å². The van der Waals surface area contributed by atoms with Crippen LogP contribution < -0.4 is 5.32 Å². The van der Waals surface area contributed by atoms with E-state index in [-0.39, 0.29) is 12.3 Å². The largest absolute Gasteiger partial charge is 0.352 e. The van der Waals surface area contributed by atoms with Gasteiger partial charge in [0.2, 0.25) is 5.91 Å². The summed E-state index contributed by atoms with van der Waals surface area (Å²) in [4.78, 5) is 19.8. The molecule has 0 bridgehead atoms. The lowest BCUT2D eigenvalue weighted by Crippen LogP contribution is -2.25. The highest BCUT2D eigenvalue weighted by atomic mass is 16.1. The Kier molecular flexibility index (Phi) is 3.80. The van der Waals surface area contributed by atoms with Gasteiger partial charge in [0, 0.05) is 12.7 Å². The summed E-state index contributed by atoms with van der Waals surface area (Å²) in [5.41, 5.74) is 0.673. The van der Waals surface area contributed by atoms with Crippen LogP contribution in [0.5, 0.6) is 0 Å². The van der Waals surface area contributed by atoms with Crippen molar-refractivity contribution < 1.29 is 4.79 Å². The van der Waals surface area contributed by atoms with Gasteiger partial charge in [-0.3, -0.25) is 14.9 Å². The fraction of sp³-hybridized carbons (Fsp3) is 0.167. The van der Waals surface area contributed by atoms with E-state index in [1.165, 1.54) is 0 Å². The molecule has 2 rings (SSSR count). The zero-order valence-corrected chi connectivity index (χ0v) is 9.76. The number of hydrogen-bond acceptors (Lipinski definition) is 4. The van der Waals surface area contributed by atoms with Crippen LogP contribution in [-0.4, -0.2) is 32.6 Å². The van der Waals surface area contributed by atoms with E-state index in [0.717, 1.165) is 0 Å². The second-order valence-corrected chi connectivity index (χ2v) is 3.59. The van der Waals surface area contributed by atoms with Crippen LogP contribution in [0.4, 0.5) is 0 Å². The van der Waals surface area contributed by atoms with Crippen molar-refractivity contribution in [3.63, 3.8) is 0 Å². The van der Waals surface area contributed by atoms with Gasteiger partial charge in [0.15, 0.2) is 5.82 Å². The van der Waals surface area contributed by atoms with Gasteiger partial charge >= 0.3 is 0 Å². The Morgan fingerprint density at radius 3 is 3.11 bits per heavy atom. The van der Waals surface area contributed by atoms with Crippen LogP contribution in [0.15, 0.2) is 37.1 Å². The molecular formula is C12H13N5O. The number of nitrogens with zero attached hydrogens (tertiary/aromatic N) is 3. The van der Waals surface area contributed by atoms with Crippen LogP contribution in [0.3, 0.4) is 0 Å². The molecule has 0 aliphatic carbocycles. The molecule has 0 radical (unpaired) electrons. The van der Waals surface area contributed by atoms with E-state index in [1.807, 2.05) is 18.2 Å². The number of carbonyl (C=O) groups excluding carboxylic acids is 1. The van der Waals surface area contributed by atoms with Gasteiger partial charge in [-0.1, -0.05) is 12.1 Å². The van der Waals surface area contributed by atoms with Gasteiger partial charge in [0.05, 0.1) is 6.42 Å². The van der Waals surface area contributed by atoms with Gasteiger partial charge < -0.3 is 5.32 Å². The van der Waals surface area contributed by atoms with E-state index in [4.69, 9.17) is 0 Å². The molecule has 1 amide bonds. The Bertz CT molecular complexity index is 534. The molecule has 0 aromatic carbocycles. The summed E-state index contributed by atoms with van der Waals surface area (Å²) in [6.45, 7) is 3.97. The lowest BCUT2D eigenvalue weighted by Gasteiger charge is -1.98. The maximum atomic E-state index is 11.5. The monoisotopic (exact) mass is 243 g/mol. The average Bonchev–Trinajstić information content (AvgIpc) is 2.86. The summed E-state index contributed by atoms with van der Waals surface area (Å²) in [5, 5.41) is 9.41. The van der Waals surface area contributed by atoms with Gasteiger partial charge in [0.25, 0.3) is 0 Å². The zero-order valence-electron chi connectivity index (χ0n) is 9.76. The number of rotatable bonds is 5. The predicted octanol–water partition coefficient (Wildman–Crippen LogP) is 0.711. The summed E-state index contributed by atoms with van der Waals surface area (Å²) < 4.78 is 0. The van der Waals surface area contributed by atoms with E-state index in [9.17, 15) is 4.79 Å². The quantitative estimate of drug-likeness (QED) is 0.757. The minimum atomic E-state index is -0.126. The maximum absolute atomic E-state index is 11.5. The fourth-order valence-electron chi connectivity index (χ4n) is 1.38. The molecule has 6 nitrogen and oxygen atoms in total. The molecule has 0 fully saturated rings. The molecule has 0 aliphatic heterocycles. The molecular weight excluding hydrogens is 230 g/mol. The first-order valence-electron chi connectivity index (χ1n) is 5.50. The second kappa shape index (κ2) is 5.72. The summed E-state index contributed by atoms with van der Waals surface area (Å²) in [6, 6.07) is 5.49. The minimum absolute atomic E-state index is 0.126. The molecule has 92 valence electrons. The van der Waals surface area contributed by atoms with Crippen molar-refractivity contribution in [1.82, 2.24) is 25.5 Å². The van der Waals surface area contributed by atoms with Crippen LogP contribution in [0.2, 0.25) is 0 Å². The van der Waals surface area contributed by atoms with Crippen molar-refractivity contribution in [3.05, 3.63) is 42.9 Å². The summed E-state index contributed by atoms with van der Waals surface area (Å²) in [5.74, 6) is 0.873. The van der Waals surface area contributed by atoms with Gasteiger partial charge in [-0.05, 0) is 12.1 Å². The fourth-order valence-corrected chi connectivity index (χ4v) is 1.38. The van der Waals surface area contributed by atoms with Crippen molar-refractivity contribution in [3.8, 4) is 11.5 Å². The average molecular weight is 243 g/mol. The highest BCUT2D eigenvalue weighted by molar-refractivity contribution is 5.77. The first-order chi connectivity index (χ1) is 8.79. The number of amides is 1. The number of nitrogens with one attached hydrogen (secondary N) is 2. The summed E-state index contributed by atoms with van der Waals surface area (Å²) >= 11 is 0. The van der Waals surface area contributed by atoms with E-state index in [2.05, 4.69) is 32.1 Å². The molecule has 0 unspecified atom stereocenters. The number of aromatic nitrogens is 4. The van der Waals surface area contributed by atoms with Crippen LogP contribution >= 0.6 is 0 Å². The minimum Gasteiger partial charge on any atom is -0.352 e. The van der Waals surface area contributed by atoms with Crippen LogP contribution in [0.25, 0.3) is 11.5 Å². The highest BCUT2D eigenvalue weighted by Gasteiger charge is 2.09. The number of pyridine rings is 1. The SMILES string of the molecule is C=CCNC(=O)Cc1nc(-c2ccccn2)n[nH]1. The Morgan fingerprint density at radius 1 is 1.50 bits per heavy atom. The van der Waals surface area contributed by atoms with Crippen LogP contribution in [0, 0.1) is 0 Å². The Morgan fingerprint density at radius 2 is 2.39 bits per heavy atom. The topological polar surface area (TPSA) is 83.6 Å². The third-order valence-electron chi connectivity index (χ3n) is 2.20. The van der Waals surface area contributed by atoms with Crippen molar-refractivity contribution >= 4 is 5.91 Å². The smallest absolute Gasteiger partial charge is 0.227 e. The number of carbonyl (C=O) groups is 1. The molecule has 2 aromatic rings. The number of hydrogen-bond donors (Lipinski definition) is 2. The summed E-state index contributed by atoms with van der Waals surface area (Å²) in [7, 11) is 0. The van der Waals surface area contributed by atoms with E-state index in [0.29, 0.717) is 23.9 Å². The third-order valence-corrected chi connectivity index (χ3v) is 2.20. The van der Waals surface area contributed by atoms with E-state index in [1.54, 1.807) is 12.3 Å². The normalized spacial score (nSPS) is 10.0. The number of aromatic amines is 1. The molecule has 0 saturated carbocycles. The van der Waals surface area contributed by atoms with Crippen LogP contribution in [0.1, 0.15) is 5.82 Å². The molecule has 2 heterocycles. The Labute approximate surface area is 104 Å². The lowest BCUT2D eigenvalue weighted by molar-refractivity contribution is -0.120. The second-order valence-electron chi connectivity index (χ2n) is 3.59. The Hall–Kier alpha value is -2.50. The van der Waals surface area contributed by atoms with E-state index >= 15 is 0 Å². The number of H-pyrrole nitrogens is 1. The third kappa shape index (κ3) is 3.00. The molecule has 0 aliphatic rings. The summed E-state index contributed by atoms with van der Waals surface area (Å²) in [6.07, 6.45) is 3.45. The standard InChI is InChI=1S/C12H13N5O/c1-2-6-14-11(18)8-10-15-12(17-16-10)9-5-3-4-7-13-9/h2-5,7H,1,6,8H2,(H,14,18)(H,15,16,17). The van der Waals surface area contributed by atoms with Gasteiger partial charge in [-0.25, -0.2) is 4.98 Å². The highest BCUT2D eigenvalue weighted by Crippen LogP contribution is 2.09.